The molecule has 0 aliphatic rings. The second-order valence-electron chi connectivity index (χ2n) is 6.70. The van der Waals surface area contributed by atoms with E-state index >= 15 is 0 Å². The molecule has 154 valence electrons. The van der Waals surface area contributed by atoms with Crippen LogP contribution < -0.4 is 4.43 Å². The summed E-state index contributed by atoms with van der Waals surface area (Å²) in [5.41, 5.74) is 0.902. The van der Waals surface area contributed by atoms with Gasteiger partial charge >= 0.3 is 11.7 Å². The largest absolute Gasteiger partial charge is 0.805 e. The van der Waals surface area contributed by atoms with Gasteiger partial charge in [0.05, 0.1) is 17.1 Å². The highest BCUT2D eigenvalue weighted by molar-refractivity contribution is 5.88. The van der Waals surface area contributed by atoms with Crippen molar-refractivity contribution < 1.29 is 14.0 Å². The highest BCUT2D eigenvalue weighted by Crippen LogP contribution is 2.18. The Bertz CT molecular complexity index is 1140. The van der Waals surface area contributed by atoms with Crippen molar-refractivity contribution in [1.29, 1.82) is 5.26 Å². The molecule has 8 heteroatoms. The minimum atomic E-state index is -0.849. The third kappa shape index (κ3) is 4.47. The zero-order valence-electron chi connectivity index (χ0n) is 16.7. The first kappa shape index (κ1) is 21.0. The van der Waals surface area contributed by atoms with Crippen LogP contribution in [0.3, 0.4) is 0 Å². The van der Waals surface area contributed by atoms with E-state index in [0.717, 1.165) is 5.56 Å². The first-order chi connectivity index (χ1) is 14.6. The van der Waals surface area contributed by atoms with Gasteiger partial charge in [-0.3, -0.25) is 4.90 Å². The first-order valence-electron chi connectivity index (χ1n) is 9.63. The van der Waals surface area contributed by atoms with Crippen LogP contribution in [0.2, 0.25) is 0 Å². The van der Waals surface area contributed by atoms with Gasteiger partial charge in [-0.25, -0.2) is 4.79 Å². The number of hydrogen-bond donors (Lipinski definition) is 0. The summed E-state index contributed by atoms with van der Waals surface area (Å²) in [6, 6.07) is 18.0. The van der Waals surface area contributed by atoms with E-state index in [-0.39, 0.29) is 42.0 Å². The third-order valence-corrected chi connectivity index (χ3v) is 4.67. The van der Waals surface area contributed by atoms with Crippen LogP contribution in [0, 0.1) is 21.4 Å². The molecule has 3 aromatic rings. The lowest BCUT2D eigenvalue weighted by atomic mass is 10.2. The number of benzene rings is 2. The van der Waals surface area contributed by atoms with E-state index in [1.165, 1.54) is 12.1 Å². The van der Waals surface area contributed by atoms with Crippen molar-refractivity contribution in [3.05, 3.63) is 81.7 Å². The van der Waals surface area contributed by atoms with Crippen molar-refractivity contribution in [2.75, 3.05) is 13.2 Å². The van der Waals surface area contributed by atoms with Gasteiger partial charge in [-0.05, 0) is 18.6 Å². The van der Waals surface area contributed by atoms with Crippen LogP contribution in [0.25, 0.3) is 11.0 Å². The maximum atomic E-state index is 13.1. The van der Waals surface area contributed by atoms with Gasteiger partial charge in [-0.15, -0.1) is 0 Å². The number of nitriles is 1. The topological polar surface area (TPSA) is 104 Å². The zero-order chi connectivity index (χ0) is 21.5. The predicted molar refractivity (Wildman–Crippen MR) is 111 cm³/mol. The van der Waals surface area contributed by atoms with Crippen molar-refractivity contribution in [3.8, 4) is 6.07 Å². The molecular weight excluding hydrogens is 384 g/mol. The lowest BCUT2D eigenvalue weighted by Gasteiger charge is -2.25. The smallest absolute Gasteiger partial charge is 0.410 e. The number of nitrogens with zero attached hydrogens (tertiary/aromatic N) is 4. The maximum absolute atomic E-state index is 13.1. The van der Waals surface area contributed by atoms with Gasteiger partial charge in [0.25, 0.3) is 5.52 Å². The number of esters is 1. The zero-order valence-corrected chi connectivity index (χ0v) is 16.7. The Hall–Kier alpha value is -3.70. The van der Waals surface area contributed by atoms with Crippen molar-refractivity contribution in [2.45, 2.75) is 26.4 Å². The van der Waals surface area contributed by atoms with Gasteiger partial charge in [0.2, 0.25) is 0 Å². The Morgan fingerprint density at radius 2 is 1.87 bits per heavy atom. The highest BCUT2D eigenvalue weighted by Gasteiger charge is 2.31. The molecule has 0 bridgehead atoms. The Balaban J connectivity index is 2.10. The fourth-order valence-corrected chi connectivity index (χ4v) is 3.30. The highest BCUT2D eigenvalue weighted by atomic mass is 16.5. The second kappa shape index (κ2) is 9.67. The standard InChI is InChI=1S/C22H22N4O4/c1-2-30-22(27)21-20(25(28)18-11-6-7-12-19(18)26(21)29)16-24(14-8-13-23)15-17-9-4-3-5-10-17/h3-7,9-12H,2,8,14-16H2,1H3. The number of carbonyl (C=O) groups is 1. The molecule has 0 saturated carbocycles. The van der Waals surface area contributed by atoms with Crippen LogP contribution in [0.15, 0.2) is 54.6 Å². The quantitative estimate of drug-likeness (QED) is 0.421. The molecule has 0 radical (unpaired) electrons. The molecule has 0 saturated heterocycles. The SMILES string of the molecule is CCOC(=O)c1c(CN(CCC#N)Cc2ccccc2)n([O-])c2ccccc2[n+]1=O. The van der Waals surface area contributed by atoms with Crippen LogP contribution >= 0.6 is 0 Å². The Morgan fingerprint density at radius 3 is 2.57 bits per heavy atom. The van der Waals surface area contributed by atoms with E-state index in [2.05, 4.69) is 6.07 Å². The number of para-hydroxylation sites is 2. The fourth-order valence-electron chi connectivity index (χ4n) is 3.30. The van der Waals surface area contributed by atoms with Crippen molar-refractivity contribution in [3.63, 3.8) is 0 Å². The summed E-state index contributed by atoms with van der Waals surface area (Å²) in [7, 11) is 0. The van der Waals surface area contributed by atoms with E-state index in [0.29, 0.717) is 22.2 Å². The van der Waals surface area contributed by atoms with Crippen LogP contribution in [-0.2, 0) is 17.8 Å². The molecular formula is C22H22N4O4. The normalized spacial score (nSPS) is 10.8. The van der Waals surface area contributed by atoms with Gasteiger partial charge in [0, 0.05) is 37.0 Å². The van der Waals surface area contributed by atoms with Gasteiger partial charge in [0.1, 0.15) is 11.2 Å². The van der Waals surface area contributed by atoms with Gasteiger partial charge < -0.3 is 14.7 Å². The summed E-state index contributed by atoms with van der Waals surface area (Å²) in [6.45, 7) is 2.55. The molecule has 8 nitrogen and oxygen atoms in total. The lowest BCUT2D eigenvalue weighted by molar-refractivity contribution is -0.469. The number of ether oxygens (including phenoxy) is 1. The molecule has 0 unspecified atom stereocenters. The van der Waals surface area contributed by atoms with Gasteiger partial charge in [-0.1, -0.05) is 42.5 Å². The summed E-state index contributed by atoms with van der Waals surface area (Å²) in [4.78, 5) is 27.4. The molecule has 0 amide bonds. The van der Waals surface area contributed by atoms with Crippen molar-refractivity contribution in [1.82, 2.24) is 9.63 Å². The summed E-state index contributed by atoms with van der Waals surface area (Å²) in [5.74, 6) is -0.849. The molecule has 0 aliphatic heterocycles. The Labute approximate surface area is 173 Å². The molecule has 1 aromatic heterocycles. The molecule has 0 aliphatic carbocycles. The number of rotatable bonds is 8. The Kier molecular flexibility index (Phi) is 6.78. The van der Waals surface area contributed by atoms with Crippen LogP contribution in [0.1, 0.15) is 35.1 Å². The second-order valence-corrected chi connectivity index (χ2v) is 6.70. The summed E-state index contributed by atoms with van der Waals surface area (Å²) in [5, 5.41) is 22.2. The molecule has 0 atom stereocenters. The summed E-state index contributed by atoms with van der Waals surface area (Å²) < 4.78 is 6.12. The molecule has 3 rings (SSSR count). The molecule has 0 spiro atoms. The van der Waals surface area contributed by atoms with E-state index in [4.69, 9.17) is 10.00 Å². The van der Waals surface area contributed by atoms with Crippen LogP contribution in [-0.4, -0.2) is 28.8 Å². The maximum Gasteiger partial charge on any atom is 0.410 e. The number of carbonyl (C=O) groups excluding carboxylic acids is 1. The monoisotopic (exact) mass is 406 g/mol. The fraction of sp³-hybridized carbons (Fsp3) is 0.273. The summed E-state index contributed by atoms with van der Waals surface area (Å²) in [6.07, 6.45) is 0.241. The number of aromatic nitrogens is 2. The minimum Gasteiger partial charge on any atom is -0.805 e. The molecule has 0 fully saturated rings. The average Bonchev–Trinajstić information content (AvgIpc) is 2.76. The minimum absolute atomic E-state index is 0.00368. The molecule has 0 N–H and O–H groups in total. The lowest BCUT2D eigenvalue weighted by Crippen LogP contribution is -2.35. The molecule has 1 heterocycles. The van der Waals surface area contributed by atoms with Crippen molar-refractivity contribution in [2.24, 2.45) is 0 Å². The average molecular weight is 406 g/mol. The van der Waals surface area contributed by atoms with E-state index in [9.17, 15) is 14.9 Å². The molecule has 2 aromatic carbocycles. The number of fused-ring (bicyclic) bond motifs is 1. The third-order valence-electron chi connectivity index (χ3n) is 4.67. The number of hydrogen-bond acceptors (Lipinski definition) is 6. The predicted octanol–water partition coefficient (Wildman–Crippen LogP) is 2.99. The van der Waals surface area contributed by atoms with Crippen LogP contribution in [0.5, 0.6) is 0 Å². The molecule has 30 heavy (non-hydrogen) atoms. The summed E-state index contributed by atoms with van der Waals surface area (Å²) >= 11 is 0. The van der Waals surface area contributed by atoms with Gasteiger partial charge in [0.15, 0.2) is 0 Å². The van der Waals surface area contributed by atoms with E-state index in [1.54, 1.807) is 19.1 Å². The van der Waals surface area contributed by atoms with Crippen molar-refractivity contribution >= 4 is 17.0 Å². The first-order valence-corrected chi connectivity index (χ1v) is 9.63. The van der Waals surface area contributed by atoms with Gasteiger partial charge in [-0.2, -0.15) is 5.26 Å². The Morgan fingerprint density at radius 1 is 1.17 bits per heavy atom. The van der Waals surface area contributed by atoms with E-state index in [1.807, 2.05) is 35.2 Å². The van der Waals surface area contributed by atoms with Crippen LogP contribution in [0.4, 0.5) is 0 Å². The van der Waals surface area contributed by atoms with E-state index < -0.39 is 5.97 Å².